The lowest BCUT2D eigenvalue weighted by molar-refractivity contribution is 0.0692. The molecule has 0 unspecified atom stereocenters. The van der Waals surface area contributed by atoms with Crippen LogP contribution in [-0.4, -0.2) is 21.0 Å². The molecule has 1 aromatic carbocycles. The average molecular weight is 271 g/mol. The quantitative estimate of drug-likeness (QED) is 0.683. The number of aromatic nitrogens is 2. The SMILES string of the molecule is O=C(O)c1[nH]c2cccc(F)c2c1Nc1ccncc1. The smallest absolute Gasteiger partial charge is 0.354 e. The lowest BCUT2D eigenvalue weighted by Crippen LogP contribution is -2.01. The Morgan fingerprint density at radius 2 is 2.00 bits per heavy atom. The second-order valence-corrected chi connectivity index (χ2v) is 4.20. The van der Waals surface area contributed by atoms with Gasteiger partial charge in [0.1, 0.15) is 11.5 Å². The second kappa shape index (κ2) is 4.65. The fraction of sp³-hybridized carbons (Fsp3) is 0. The van der Waals surface area contributed by atoms with Gasteiger partial charge in [-0.15, -0.1) is 0 Å². The van der Waals surface area contributed by atoms with Gasteiger partial charge < -0.3 is 15.4 Å². The summed E-state index contributed by atoms with van der Waals surface area (Å²) in [5, 5.41) is 12.4. The molecule has 0 aliphatic heterocycles. The van der Waals surface area contributed by atoms with Gasteiger partial charge in [-0.05, 0) is 24.3 Å². The molecule has 3 N–H and O–H groups in total. The molecule has 0 bridgehead atoms. The van der Waals surface area contributed by atoms with E-state index in [9.17, 15) is 14.3 Å². The number of carboxylic acid groups (broad SMARTS) is 1. The Balaban J connectivity index is 2.21. The number of anilines is 2. The Labute approximate surface area is 113 Å². The van der Waals surface area contributed by atoms with Gasteiger partial charge in [-0.2, -0.15) is 0 Å². The molecule has 3 rings (SSSR count). The number of pyridine rings is 1. The van der Waals surface area contributed by atoms with Crippen LogP contribution in [0.2, 0.25) is 0 Å². The van der Waals surface area contributed by atoms with E-state index in [1.807, 2.05) is 0 Å². The summed E-state index contributed by atoms with van der Waals surface area (Å²) in [7, 11) is 0. The maximum absolute atomic E-state index is 14.0. The Kier molecular flexibility index (Phi) is 2.83. The van der Waals surface area contributed by atoms with E-state index in [4.69, 9.17) is 0 Å². The molecule has 100 valence electrons. The minimum Gasteiger partial charge on any atom is -0.477 e. The van der Waals surface area contributed by atoms with E-state index >= 15 is 0 Å². The van der Waals surface area contributed by atoms with Gasteiger partial charge in [-0.25, -0.2) is 9.18 Å². The van der Waals surface area contributed by atoms with Crippen molar-refractivity contribution in [1.82, 2.24) is 9.97 Å². The third-order valence-corrected chi connectivity index (χ3v) is 2.94. The zero-order chi connectivity index (χ0) is 14.1. The summed E-state index contributed by atoms with van der Waals surface area (Å²) < 4.78 is 14.0. The average Bonchev–Trinajstić information content (AvgIpc) is 2.80. The predicted octanol–water partition coefficient (Wildman–Crippen LogP) is 3.14. The first-order valence-electron chi connectivity index (χ1n) is 5.87. The van der Waals surface area contributed by atoms with Crippen molar-refractivity contribution in [1.29, 1.82) is 0 Å². The molecule has 0 saturated heterocycles. The molecule has 0 aliphatic carbocycles. The Bertz CT molecular complexity index is 784. The largest absolute Gasteiger partial charge is 0.477 e. The predicted molar refractivity (Wildman–Crippen MR) is 72.7 cm³/mol. The number of halogens is 1. The summed E-state index contributed by atoms with van der Waals surface area (Å²) in [5.74, 6) is -1.64. The number of aromatic carboxylic acids is 1. The van der Waals surface area contributed by atoms with Gasteiger partial charge in [0.05, 0.1) is 16.6 Å². The van der Waals surface area contributed by atoms with E-state index in [2.05, 4.69) is 15.3 Å². The monoisotopic (exact) mass is 271 g/mol. The van der Waals surface area contributed by atoms with Crippen LogP contribution >= 0.6 is 0 Å². The molecule has 6 heteroatoms. The molecular formula is C14H10FN3O2. The third kappa shape index (κ3) is 1.97. The highest BCUT2D eigenvalue weighted by molar-refractivity contribution is 6.06. The van der Waals surface area contributed by atoms with Crippen LogP contribution < -0.4 is 5.32 Å². The molecule has 0 atom stereocenters. The number of carbonyl (C=O) groups is 1. The maximum atomic E-state index is 14.0. The number of aromatic amines is 1. The number of nitrogens with zero attached hydrogens (tertiary/aromatic N) is 1. The number of H-pyrrole nitrogens is 1. The highest BCUT2D eigenvalue weighted by Crippen LogP contribution is 2.32. The zero-order valence-electron chi connectivity index (χ0n) is 10.2. The number of hydrogen-bond donors (Lipinski definition) is 3. The number of hydrogen-bond acceptors (Lipinski definition) is 3. The van der Waals surface area contributed by atoms with Crippen molar-refractivity contribution in [3.63, 3.8) is 0 Å². The molecular weight excluding hydrogens is 261 g/mol. The number of fused-ring (bicyclic) bond motifs is 1. The molecule has 2 heterocycles. The normalized spacial score (nSPS) is 10.7. The van der Waals surface area contributed by atoms with Crippen molar-refractivity contribution in [3.05, 3.63) is 54.2 Å². The summed E-state index contributed by atoms with van der Waals surface area (Å²) in [6, 6.07) is 7.79. The highest BCUT2D eigenvalue weighted by atomic mass is 19.1. The fourth-order valence-electron chi connectivity index (χ4n) is 2.07. The van der Waals surface area contributed by atoms with Gasteiger partial charge in [0, 0.05) is 18.1 Å². The number of benzene rings is 1. The first kappa shape index (κ1) is 12.2. The van der Waals surface area contributed by atoms with Crippen molar-refractivity contribution in [3.8, 4) is 0 Å². The number of rotatable bonds is 3. The Morgan fingerprint density at radius 3 is 2.70 bits per heavy atom. The Morgan fingerprint density at radius 1 is 1.25 bits per heavy atom. The van der Waals surface area contributed by atoms with E-state index in [1.54, 1.807) is 30.6 Å². The van der Waals surface area contributed by atoms with Crippen molar-refractivity contribution in [2.24, 2.45) is 0 Å². The zero-order valence-corrected chi connectivity index (χ0v) is 10.2. The van der Waals surface area contributed by atoms with Crippen molar-refractivity contribution < 1.29 is 14.3 Å². The van der Waals surface area contributed by atoms with Crippen LogP contribution in [0.5, 0.6) is 0 Å². The standard InChI is InChI=1S/C14H10FN3O2/c15-9-2-1-3-10-11(9)12(13(18-10)14(19)20)17-8-4-6-16-7-5-8/h1-7,18H,(H,16,17)(H,19,20). The van der Waals surface area contributed by atoms with Crippen LogP contribution in [0.1, 0.15) is 10.5 Å². The van der Waals surface area contributed by atoms with Gasteiger partial charge >= 0.3 is 5.97 Å². The van der Waals surface area contributed by atoms with Crippen molar-refractivity contribution in [2.75, 3.05) is 5.32 Å². The van der Waals surface area contributed by atoms with Gasteiger partial charge in [0.25, 0.3) is 0 Å². The van der Waals surface area contributed by atoms with Gasteiger partial charge in [-0.1, -0.05) is 6.07 Å². The van der Waals surface area contributed by atoms with Crippen LogP contribution in [0.15, 0.2) is 42.7 Å². The summed E-state index contributed by atoms with van der Waals surface area (Å²) in [5.41, 5.74) is 1.18. The van der Waals surface area contributed by atoms with E-state index in [0.29, 0.717) is 11.2 Å². The fourth-order valence-corrected chi connectivity index (χ4v) is 2.07. The summed E-state index contributed by atoms with van der Waals surface area (Å²) in [6.45, 7) is 0. The van der Waals surface area contributed by atoms with Crippen LogP contribution in [0.3, 0.4) is 0 Å². The third-order valence-electron chi connectivity index (χ3n) is 2.94. The highest BCUT2D eigenvalue weighted by Gasteiger charge is 2.19. The number of nitrogens with one attached hydrogen (secondary N) is 2. The second-order valence-electron chi connectivity index (χ2n) is 4.20. The molecule has 0 spiro atoms. The van der Waals surface area contributed by atoms with E-state index < -0.39 is 11.8 Å². The molecule has 0 saturated carbocycles. The molecule has 2 aromatic heterocycles. The van der Waals surface area contributed by atoms with Gasteiger partial charge in [-0.3, -0.25) is 4.98 Å². The van der Waals surface area contributed by atoms with Crippen LogP contribution in [-0.2, 0) is 0 Å². The van der Waals surface area contributed by atoms with E-state index in [1.165, 1.54) is 12.1 Å². The summed E-state index contributed by atoms with van der Waals surface area (Å²) in [4.78, 5) is 17.9. The molecule has 0 aliphatic rings. The first-order chi connectivity index (χ1) is 9.66. The molecule has 20 heavy (non-hydrogen) atoms. The van der Waals surface area contributed by atoms with Crippen LogP contribution in [0.4, 0.5) is 15.8 Å². The lowest BCUT2D eigenvalue weighted by atomic mass is 10.2. The molecule has 0 radical (unpaired) electrons. The minimum absolute atomic E-state index is 0.0816. The lowest BCUT2D eigenvalue weighted by Gasteiger charge is -2.06. The first-order valence-corrected chi connectivity index (χ1v) is 5.87. The maximum Gasteiger partial charge on any atom is 0.354 e. The van der Waals surface area contributed by atoms with Gasteiger partial charge in [0.2, 0.25) is 0 Å². The van der Waals surface area contributed by atoms with Gasteiger partial charge in [0.15, 0.2) is 0 Å². The van der Waals surface area contributed by atoms with E-state index in [-0.39, 0.29) is 16.8 Å². The molecule has 3 aromatic rings. The van der Waals surface area contributed by atoms with Crippen molar-refractivity contribution in [2.45, 2.75) is 0 Å². The number of carboxylic acids is 1. The van der Waals surface area contributed by atoms with E-state index in [0.717, 1.165) is 0 Å². The van der Waals surface area contributed by atoms with Crippen LogP contribution in [0, 0.1) is 5.82 Å². The Hall–Kier alpha value is -2.89. The minimum atomic E-state index is -1.16. The molecule has 5 nitrogen and oxygen atoms in total. The summed E-state index contributed by atoms with van der Waals surface area (Å²) in [6.07, 6.45) is 3.13. The van der Waals surface area contributed by atoms with Crippen molar-refractivity contribution >= 4 is 28.2 Å². The topological polar surface area (TPSA) is 78.0 Å². The molecule has 0 amide bonds. The molecule has 0 fully saturated rings. The van der Waals surface area contributed by atoms with Crippen LogP contribution in [0.25, 0.3) is 10.9 Å². The summed E-state index contributed by atoms with van der Waals surface area (Å²) >= 11 is 0.